The highest BCUT2D eigenvalue weighted by Gasteiger charge is 2.00. The number of H-pyrrole nitrogens is 1. The Morgan fingerprint density at radius 3 is 3.13 bits per heavy atom. The summed E-state index contributed by atoms with van der Waals surface area (Å²) in [5.41, 5.74) is 4.36. The number of hydrazine groups is 1. The Morgan fingerprint density at radius 1 is 1.47 bits per heavy atom. The molecule has 2 aromatic rings. The molecule has 2 aromatic heterocycles. The molecule has 0 saturated carbocycles. The highest BCUT2D eigenvalue weighted by molar-refractivity contribution is 7.98. The van der Waals surface area contributed by atoms with E-state index in [1.54, 1.807) is 6.20 Å². The topological polar surface area (TPSA) is 92.5 Å². The fourth-order valence-electron chi connectivity index (χ4n) is 1.05. The molecule has 4 N–H and O–H groups in total. The van der Waals surface area contributed by atoms with Gasteiger partial charge in [-0.3, -0.25) is 15.9 Å². The van der Waals surface area contributed by atoms with E-state index in [-0.39, 0.29) is 0 Å². The van der Waals surface area contributed by atoms with Crippen LogP contribution in [-0.2, 0) is 5.75 Å². The lowest BCUT2D eigenvalue weighted by Gasteiger charge is -2.02. The van der Waals surface area contributed by atoms with Crippen LogP contribution in [0.2, 0.25) is 0 Å². The average Bonchev–Trinajstić information content (AvgIpc) is 2.79. The van der Waals surface area contributed by atoms with Gasteiger partial charge in [0.05, 0.1) is 11.4 Å². The van der Waals surface area contributed by atoms with Gasteiger partial charge in [0.2, 0.25) is 0 Å². The Balaban J connectivity index is 1.98. The van der Waals surface area contributed by atoms with Gasteiger partial charge >= 0.3 is 0 Å². The van der Waals surface area contributed by atoms with Crippen LogP contribution in [0.3, 0.4) is 0 Å². The van der Waals surface area contributed by atoms with Crippen LogP contribution in [0.1, 0.15) is 5.69 Å². The molecule has 0 atom stereocenters. The largest absolute Gasteiger partial charge is 0.324 e. The van der Waals surface area contributed by atoms with E-state index < -0.39 is 0 Å². The monoisotopic (exact) mass is 222 g/mol. The van der Waals surface area contributed by atoms with Crippen LogP contribution in [0.4, 0.5) is 5.69 Å². The molecule has 7 heteroatoms. The van der Waals surface area contributed by atoms with Crippen LogP contribution in [0.15, 0.2) is 29.8 Å². The molecule has 0 unspecified atom stereocenters. The number of nitrogens with two attached hydrogens (primary N) is 1. The number of hydrogen-bond acceptors (Lipinski definition) is 6. The number of rotatable bonds is 4. The summed E-state index contributed by atoms with van der Waals surface area (Å²) in [6, 6.07) is 3.70. The molecule has 0 amide bonds. The molecule has 0 aliphatic rings. The quantitative estimate of drug-likeness (QED) is 0.402. The summed E-state index contributed by atoms with van der Waals surface area (Å²) in [7, 11) is 0. The molecule has 0 fully saturated rings. The second kappa shape index (κ2) is 4.76. The highest BCUT2D eigenvalue weighted by atomic mass is 32.2. The third-order valence-corrected chi connectivity index (χ3v) is 2.64. The van der Waals surface area contributed by atoms with Crippen molar-refractivity contribution in [2.24, 2.45) is 5.84 Å². The van der Waals surface area contributed by atoms with Crippen molar-refractivity contribution in [1.29, 1.82) is 0 Å². The van der Waals surface area contributed by atoms with E-state index >= 15 is 0 Å². The second-order valence-corrected chi connectivity index (χ2v) is 3.72. The molecule has 0 aliphatic heterocycles. The molecule has 2 heterocycles. The predicted molar refractivity (Wildman–Crippen MR) is 58.0 cm³/mol. The summed E-state index contributed by atoms with van der Waals surface area (Å²) >= 11 is 1.54. The number of thioether (sulfide) groups is 1. The first kappa shape index (κ1) is 9.94. The minimum absolute atomic E-state index is 0.727. The molecule has 0 aliphatic carbocycles. The lowest BCUT2D eigenvalue weighted by molar-refractivity contribution is 0.971. The molecule has 78 valence electrons. The van der Waals surface area contributed by atoms with Gasteiger partial charge in [-0.05, 0) is 12.1 Å². The minimum atomic E-state index is 0.727. The summed E-state index contributed by atoms with van der Waals surface area (Å²) in [5, 5.41) is 7.31. The normalized spacial score (nSPS) is 10.2. The van der Waals surface area contributed by atoms with Crippen molar-refractivity contribution in [3.05, 3.63) is 30.4 Å². The number of nitrogens with zero attached hydrogens (tertiary/aromatic N) is 3. The molecule has 15 heavy (non-hydrogen) atoms. The average molecular weight is 222 g/mol. The third kappa shape index (κ3) is 2.67. The molecule has 2 rings (SSSR count). The van der Waals surface area contributed by atoms with E-state index in [9.17, 15) is 0 Å². The van der Waals surface area contributed by atoms with Crippen LogP contribution in [0.25, 0.3) is 0 Å². The predicted octanol–water partition coefficient (Wildman–Crippen LogP) is 0.778. The van der Waals surface area contributed by atoms with E-state index in [2.05, 4.69) is 25.6 Å². The van der Waals surface area contributed by atoms with Gasteiger partial charge in [-0.2, -0.15) is 5.10 Å². The first-order valence-corrected chi connectivity index (χ1v) is 5.27. The SMILES string of the molecule is NNc1ccnc(CSc2ncn[nH]2)c1. The third-order valence-electron chi connectivity index (χ3n) is 1.73. The Hall–Kier alpha value is -1.60. The van der Waals surface area contributed by atoms with Crippen LogP contribution >= 0.6 is 11.8 Å². The fourth-order valence-corrected chi connectivity index (χ4v) is 1.73. The molecule has 0 saturated heterocycles. The number of anilines is 1. The number of nitrogens with one attached hydrogen (secondary N) is 2. The molecular formula is C8H10N6S. The zero-order valence-corrected chi connectivity index (χ0v) is 8.66. The van der Waals surface area contributed by atoms with Crippen LogP contribution < -0.4 is 11.3 Å². The molecule has 6 nitrogen and oxygen atoms in total. The Morgan fingerprint density at radius 2 is 2.40 bits per heavy atom. The maximum absolute atomic E-state index is 5.30. The van der Waals surface area contributed by atoms with Crippen LogP contribution in [-0.4, -0.2) is 20.2 Å². The van der Waals surface area contributed by atoms with E-state index in [0.717, 1.165) is 22.3 Å². The Kier molecular flexibility index (Phi) is 3.15. The Bertz CT molecular complexity index is 415. The van der Waals surface area contributed by atoms with Gasteiger partial charge in [0.15, 0.2) is 5.16 Å². The summed E-state index contributed by atoms with van der Waals surface area (Å²) in [6.07, 6.45) is 3.19. The smallest absolute Gasteiger partial charge is 0.183 e. The van der Waals surface area contributed by atoms with Crippen molar-refractivity contribution in [1.82, 2.24) is 20.2 Å². The Labute approximate surface area is 90.7 Å². The standard InChI is InChI=1S/C8H10N6S/c9-13-6-1-2-10-7(3-6)4-15-8-11-5-12-14-8/h1-3,5H,4,9H2,(H,10,13)(H,11,12,14). The number of nitrogen functional groups attached to an aromatic ring is 1. The zero-order valence-electron chi connectivity index (χ0n) is 7.84. The van der Waals surface area contributed by atoms with Gasteiger partial charge in [0.25, 0.3) is 0 Å². The van der Waals surface area contributed by atoms with E-state index in [0.29, 0.717) is 0 Å². The van der Waals surface area contributed by atoms with E-state index in [1.807, 2.05) is 12.1 Å². The summed E-state index contributed by atoms with van der Waals surface area (Å²) in [5.74, 6) is 6.02. The molecule has 0 aromatic carbocycles. The van der Waals surface area contributed by atoms with Crippen molar-refractivity contribution in [2.75, 3.05) is 5.43 Å². The maximum Gasteiger partial charge on any atom is 0.183 e. The lowest BCUT2D eigenvalue weighted by atomic mass is 10.3. The van der Waals surface area contributed by atoms with Crippen molar-refractivity contribution in [2.45, 2.75) is 10.9 Å². The number of aromatic amines is 1. The van der Waals surface area contributed by atoms with Crippen LogP contribution in [0, 0.1) is 0 Å². The van der Waals surface area contributed by atoms with E-state index in [4.69, 9.17) is 5.84 Å². The van der Waals surface area contributed by atoms with Gasteiger partial charge in [-0.25, -0.2) is 4.98 Å². The van der Waals surface area contributed by atoms with Crippen molar-refractivity contribution >= 4 is 17.4 Å². The van der Waals surface area contributed by atoms with Gasteiger partial charge in [-0.1, -0.05) is 11.8 Å². The summed E-state index contributed by atoms with van der Waals surface area (Å²) in [4.78, 5) is 8.21. The second-order valence-electron chi connectivity index (χ2n) is 2.76. The van der Waals surface area contributed by atoms with Crippen molar-refractivity contribution in [3.63, 3.8) is 0 Å². The fraction of sp³-hybridized carbons (Fsp3) is 0.125. The van der Waals surface area contributed by atoms with Crippen molar-refractivity contribution < 1.29 is 0 Å². The number of hydrogen-bond donors (Lipinski definition) is 3. The van der Waals surface area contributed by atoms with Gasteiger partial charge < -0.3 is 5.43 Å². The van der Waals surface area contributed by atoms with E-state index in [1.165, 1.54) is 18.1 Å². The maximum atomic E-state index is 5.30. The zero-order chi connectivity index (χ0) is 10.5. The molecule has 0 spiro atoms. The first-order chi connectivity index (χ1) is 7.38. The first-order valence-electron chi connectivity index (χ1n) is 4.28. The molecule has 0 radical (unpaired) electrons. The minimum Gasteiger partial charge on any atom is -0.324 e. The molecule has 0 bridgehead atoms. The van der Waals surface area contributed by atoms with Gasteiger partial charge in [0.1, 0.15) is 6.33 Å². The highest BCUT2D eigenvalue weighted by Crippen LogP contribution is 2.18. The van der Waals surface area contributed by atoms with Crippen molar-refractivity contribution in [3.8, 4) is 0 Å². The molecular weight excluding hydrogens is 212 g/mol. The van der Waals surface area contributed by atoms with Gasteiger partial charge in [-0.15, -0.1) is 0 Å². The number of aromatic nitrogens is 4. The van der Waals surface area contributed by atoms with Gasteiger partial charge in [0, 0.05) is 11.9 Å². The number of pyridine rings is 1. The lowest BCUT2D eigenvalue weighted by Crippen LogP contribution is -2.07. The van der Waals surface area contributed by atoms with Crippen LogP contribution in [0.5, 0.6) is 0 Å². The summed E-state index contributed by atoms with van der Waals surface area (Å²) < 4.78 is 0. The summed E-state index contributed by atoms with van der Waals surface area (Å²) in [6.45, 7) is 0.